The van der Waals surface area contributed by atoms with E-state index in [4.69, 9.17) is 11.6 Å². The summed E-state index contributed by atoms with van der Waals surface area (Å²) in [4.78, 5) is 15.0. The number of hydrogen-bond donors (Lipinski definition) is 1. The van der Waals surface area contributed by atoms with E-state index in [2.05, 4.69) is 43.0 Å². The van der Waals surface area contributed by atoms with Crippen LogP contribution in [0.15, 0.2) is 30.5 Å². The zero-order valence-corrected chi connectivity index (χ0v) is 17.0. The van der Waals surface area contributed by atoms with Gasteiger partial charge in [0, 0.05) is 30.2 Å². The van der Waals surface area contributed by atoms with Crippen molar-refractivity contribution in [2.24, 2.45) is 0 Å². The van der Waals surface area contributed by atoms with Crippen LogP contribution >= 0.6 is 11.6 Å². The Balaban J connectivity index is 2.10. The van der Waals surface area contributed by atoms with Crippen LogP contribution in [0.1, 0.15) is 50.7 Å². The predicted molar refractivity (Wildman–Crippen MR) is 107 cm³/mol. The Kier molecular flexibility index (Phi) is 7.23. The lowest BCUT2D eigenvalue weighted by Gasteiger charge is -2.30. The van der Waals surface area contributed by atoms with Crippen LogP contribution in [0.2, 0.25) is 5.02 Å². The molecule has 0 aliphatic carbocycles. The summed E-state index contributed by atoms with van der Waals surface area (Å²) in [6, 6.07) is 8.38. The second-order valence-electron chi connectivity index (χ2n) is 6.93. The third kappa shape index (κ3) is 4.86. The predicted octanol–water partition coefficient (Wildman–Crippen LogP) is 3.94. The molecule has 0 radical (unpaired) electrons. The molecule has 2 aromatic rings. The fraction of sp³-hybridized carbons (Fsp3) is 0.500. The summed E-state index contributed by atoms with van der Waals surface area (Å²) in [5.41, 5.74) is 2.36. The molecule has 0 atom stereocenters. The summed E-state index contributed by atoms with van der Waals surface area (Å²) in [5.74, 6) is -0.0809. The molecule has 0 saturated heterocycles. The molecule has 6 heteroatoms. The van der Waals surface area contributed by atoms with Crippen LogP contribution in [-0.4, -0.2) is 45.8 Å². The third-order valence-corrected chi connectivity index (χ3v) is 4.72. The maximum absolute atomic E-state index is 12.6. The molecule has 1 heterocycles. The van der Waals surface area contributed by atoms with Gasteiger partial charge < -0.3 is 5.32 Å². The standard InChI is InChI=1S/C20H29ClN4O/c1-6-19-18(13-23-25(19)17-9-7-8-16(21)12-17)20(26)22-10-11-24(14(2)3)15(4)5/h7-9,12-15H,6,10-11H2,1-5H3,(H,22,26). The van der Waals surface area contributed by atoms with E-state index in [1.807, 2.05) is 31.2 Å². The first-order chi connectivity index (χ1) is 12.3. The maximum Gasteiger partial charge on any atom is 0.254 e. The fourth-order valence-corrected chi connectivity index (χ4v) is 3.43. The van der Waals surface area contributed by atoms with Crippen molar-refractivity contribution < 1.29 is 4.79 Å². The highest BCUT2D eigenvalue weighted by atomic mass is 35.5. The van der Waals surface area contributed by atoms with Gasteiger partial charge in [-0.25, -0.2) is 4.68 Å². The Morgan fingerprint density at radius 3 is 2.54 bits per heavy atom. The number of nitrogens with zero attached hydrogens (tertiary/aromatic N) is 3. The smallest absolute Gasteiger partial charge is 0.254 e. The molecule has 26 heavy (non-hydrogen) atoms. The number of benzene rings is 1. The van der Waals surface area contributed by atoms with E-state index >= 15 is 0 Å². The van der Waals surface area contributed by atoms with Crippen LogP contribution in [0, 0.1) is 0 Å². The Morgan fingerprint density at radius 1 is 1.27 bits per heavy atom. The van der Waals surface area contributed by atoms with E-state index in [-0.39, 0.29) is 5.91 Å². The quantitative estimate of drug-likeness (QED) is 0.759. The Bertz CT molecular complexity index is 731. The first-order valence-electron chi connectivity index (χ1n) is 9.21. The van der Waals surface area contributed by atoms with Crippen LogP contribution in [-0.2, 0) is 6.42 Å². The van der Waals surface area contributed by atoms with Gasteiger partial charge in [-0.05, 0) is 52.3 Å². The Labute approximate surface area is 161 Å². The third-order valence-electron chi connectivity index (χ3n) is 4.48. The first-order valence-corrected chi connectivity index (χ1v) is 9.59. The molecular formula is C20H29ClN4O. The van der Waals surface area contributed by atoms with Gasteiger partial charge in [0.25, 0.3) is 5.91 Å². The van der Waals surface area contributed by atoms with E-state index in [1.54, 1.807) is 10.9 Å². The summed E-state index contributed by atoms with van der Waals surface area (Å²) in [6.07, 6.45) is 2.34. The van der Waals surface area contributed by atoms with Crippen molar-refractivity contribution in [1.82, 2.24) is 20.0 Å². The summed E-state index contributed by atoms with van der Waals surface area (Å²) >= 11 is 6.08. The number of carbonyl (C=O) groups is 1. The highest BCUT2D eigenvalue weighted by Gasteiger charge is 2.18. The molecule has 0 fully saturated rings. The number of halogens is 1. The summed E-state index contributed by atoms with van der Waals surface area (Å²) < 4.78 is 1.79. The van der Waals surface area contributed by atoms with Crippen LogP contribution < -0.4 is 5.32 Å². The van der Waals surface area contributed by atoms with Crippen molar-refractivity contribution in [3.63, 3.8) is 0 Å². The van der Waals surface area contributed by atoms with Crippen LogP contribution in [0.3, 0.4) is 0 Å². The molecule has 2 rings (SSSR count). The molecule has 142 valence electrons. The lowest BCUT2D eigenvalue weighted by molar-refractivity contribution is 0.0938. The fourth-order valence-electron chi connectivity index (χ4n) is 3.24. The van der Waals surface area contributed by atoms with Crippen molar-refractivity contribution in [1.29, 1.82) is 0 Å². The summed E-state index contributed by atoms with van der Waals surface area (Å²) in [6.45, 7) is 12.1. The summed E-state index contributed by atoms with van der Waals surface area (Å²) in [5, 5.41) is 8.08. The zero-order valence-electron chi connectivity index (χ0n) is 16.3. The molecule has 1 aromatic carbocycles. The highest BCUT2D eigenvalue weighted by Crippen LogP contribution is 2.19. The Morgan fingerprint density at radius 2 is 1.96 bits per heavy atom. The van der Waals surface area contributed by atoms with Crippen molar-refractivity contribution in [2.75, 3.05) is 13.1 Å². The van der Waals surface area contributed by atoms with Crippen molar-refractivity contribution >= 4 is 17.5 Å². The molecule has 1 aromatic heterocycles. The number of aromatic nitrogens is 2. The molecular weight excluding hydrogens is 348 g/mol. The molecule has 5 nitrogen and oxygen atoms in total. The van der Waals surface area contributed by atoms with E-state index in [9.17, 15) is 4.79 Å². The average Bonchev–Trinajstić information content (AvgIpc) is 3.01. The topological polar surface area (TPSA) is 50.2 Å². The number of rotatable bonds is 8. The lowest BCUT2D eigenvalue weighted by atomic mass is 10.2. The van der Waals surface area contributed by atoms with Crippen molar-refractivity contribution in [3.05, 3.63) is 46.7 Å². The van der Waals surface area contributed by atoms with Crippen molar-refractivity contribution in [2.45, 2.75) is 53.1 Å². The minimum atomic E-state index is -0.0809. The van der Waals surface area contributed by atoms with E-state index in [0.717, 1.165) is 17.9 Å². The van der Waals surface area contributed by atoms with Gasteiger partial charge in [-0.15, -0.1) is 0 Å². The molecule has 0 aliphatic rings. The molecule has 0 unspecified atom stereocenters. The maximum atomic E-state index is 12.6. The monoisotopic (exact) mass is 376 g/mol. The van der Waals surface area contributed by atoms with Crippen LogP contribution in [0.4, 0.5) is 0 Å². The summed E-state index contributed by atoms with van der Waals surface area (Å²) in [7, 11) is 0. The van der Waals surface area contributed by atoms with Gasteiger partial charge in [-0.3, -0.25) is 9.69 Å². The van der Waals surface area contributed by atoms with Gasteiger partial charge in [0.05, 0.1) is 23.1 Å². The molecule has 1 amide bonds. The van der Waals surface area contributed by atoms with E-state index in [0.29, 0.717) is 35.6 Å². The minimum absolute atomic E-state index is 0.0809. The van der Waals surface area contributed by atoms with E-state index in [1.165, 1.54) is 0 Å². The second kappa shape index (κ2) is 9.19. The van der Waals surface area contributed by atoms with Crippen molar-refractivity contribution in [3.8, 4) is 5.69 Å². The molecule has 0 saturated carbocycles. The van der Waals surface area contributed by atoms with Gasteiger partial charge in [0.2, 0.25) is 0 Å². The number of hydrogen-bond acceptors (Lipinski definition) is 3. The molecule has 0 aliphatic heterocycles. The second-order valence-corrected chi connectivity index (χ2v) is 7.37. The van der Waals surface area contributed by atoms with Gasteiger partial charge in [0.15, 0.2) is 0 Å². The largest absolute Gasteiger partial charge is 0.351 e. The minimum Gasteiger partial charge on any atom is -0.351 e. The zero-order chi connectivity index (χ0) is 19.3. The Hall–Kier alpha value is -1.85. The van der Waals surface area contributed by atoms with Crippen LogP contribution in [0.25, 0.3) is 5.69 Å². The lowest BCUT2D eigenvalue weighted by Crippen LogP contribution is -2.42. The molecule has 0 bridgehead atoms. The highest BCUT2D eigenvalue weighted by molar-refractivity contribution is 6.30. The van der Waals surface area contributed by atoms with E-state index < -0.39 is 0 Å². The van der Waals surface area contributed by atoms with Crippen LogP contribution in [0.5, 0.6) is 0 Å². The molecule has 0 spiro atoms. The number of amides is 1. The number of carbonyl (C=O) groups excluding carboxylic acids is 1. The first kappa shape index (κ1) is 20.5. The number of nitrogens with one attached hydrogen (secondary N) is 1. The normalized spacial score (nSPS) is 11.6. The van der Waals surface area contributed by atoms with Gasteiger partial charge >= 0.3 is 0 Å². The van der Waals surface area contributed by atoms with Gasteiger partial charge in [0.1, 0.15) is 0 Å². The average molecular weight is 377 g/mol. The van der Waals surface area contributed by atoms with Gasteiger partial charge in [-0.2, -0.15) is 5.10 Å². The van der Waals surface area contributed by atoms with Gasteiger partial charge in [-0.1, -0.05) is 24.6 Å². The SMILES string of the molecule is CCc1c(C(=O)NCCN(C(C)C)C(C)C)cnn1-c1cccc(Cl)c1. The molecule has 1 N–H and O–H groups in total.